The minimum atomic E-state index is -0.418. The molecule has 1 aromatic rings. The summed E-state index contributed by atoms with van der Waals surface area (Å²) in [6.45, 7) is 5.29. The van der Waals surface area contributed by atoms with Crippen LogP contribution in [0.5, 0.6) is 0 Å². The van der Waals surface area contributed by atoms with E-state index in [1.807, 2.05) is 31.4 Å². The highest BCUT2D eigenvalue weighted by Gasteiger charge is 2.06. The van der Waals surface area contributed by atoms with Crippen LogP contribution in [0, 0.1) is 0 Å². The molecule has 0 aliphatic heterocycles. The predicted molar refractivity (Wildman–Crippen MR) is 69.2 cm³/mol. The molecule has 0 radical (unpaired) electrons. The predicted octanol–water partition coefficient (Wildman–Crippen LogP) is 0.934. The maximum atomic E-state index is 9.66. The number of nitrogens with zero attached hydrogens (tertiary/aromatic N) is 3. The van der Waals surface area contributed by atoms with E-state index in [-0.39, 0.29) is 0 Å². The van der Waals surface area contributed by atoms with Crippen LogP contribution in [-0.2, 0) is 0 Å². The van der Waals surface area contributed by atoms with Crippen molar-refractivity contribution in [2.24, 2.45) is 0 Å². The number of nitrogens with one attached hydrogen (secondary N) is 1. The molecule has 0 saturated carbocycles. The molecule has 0 aliphatic rings. The van der Waals surface area contributed by atoms with Crippen molar-refractivity contribution in [2.75, 3.05) is 32.5 Å². The number of aliphatic hydroxyl groups excluding tert-OH is 1. The summed E-state index contributed by atoms with van der Waals surface area (Å²) in [5, 5.41) is 12.7. The molecular formula is C12H22N4O. The third kappa shape index (κ3) is 5.10. The number of aromatic nitrogens is 2. The van der Waals surface area contributed by atoms with Crippen molar-refractivity contribution >= 4 is 5.95 Å². The van der Waals surface area contributed by atoms with E-state index >= 15 is 0 Å². The maximum absolute atomic E-state index is 9.66. The summed E-state index contributed by atoms with van der Waals surface area (Å²) in [5.41, 5.74) is 1.12. The Morgan fingerprint density at radius 2 is 1.88 bits per heavy atom. The van der Waals surface area contributed by atoms with Gasteiger partial charge in [-0.05, 0) is 25.6 Å². The standard InChI is InChI=1S/C12H22N4O/c1-9(2)10-5-13-12(14-6-10)15-7-11(17)8-16(3)4/h5-6,9,11,17H,7-8H2,1-4H3,(H,13,14,15)/t11-/m0/s1. The Kier molecular flexibility index (Phi) is 5.31. The van der Waals surface area contributed by atoms with Crippen LogP contribution in [0.4, 0.5) is 5.95 Å². The molecule has 0 unspecified atom stereocenters. The zero-order valence-corrected chi connectivity index (χ0v) is 11.0. The maximum Gasteiger partial charge on any atom is 0.222 e. The van der Waals surface area contributed by atoms with Crippen molar-refractivity contribution in [2.45, 2.75) is 25.9 Å². The summed E-state index contributed by atoms with van der Waals surface area (Å²) < 4.78 is 0. The number of rotatable bonds is 6. The molecule has 5 nitrogen and oxygen atoms in total. The topological polar surface area (TPSA) is 61.3 Å². The fraction of sp³-hybridized carbons (Fsp3) is 0.667. The average Bonchev–Trinajstić information content (AvgIpc) is 2.26. The second-order valence-corrected chi connectivity index (χ2v) is 4.79. The second-order valence-electron chi connectivity index (χ2n) is 4.79. The van der Waals surface area contributed by atoms with Gasteiger partial charge in [-0.15, -0.1) is 0 Å². The van der Waals surface area contributed by atoms with Gasteiger partial charge in [0.1, 0.15) is 0 Å². The first-order valence-electron chi connectivity index (χ1n) is 5.87. The van der Waals surface area contributed by atoms with Crippen LogP contribution in [0.2, 0.25) is 0 Å². The average molecular weight is 238 g/mol. The number of anilines is 1. The van der Waals surface area contributed by atoms with Gasteiger partial charge in [-0.2, -0.15) is 0 Å². The number of likely N-dealkylation sites (N-methyl/N-ethyl adjacent to an activating group) is 1. The Morgan fingerprint density at radius 3 is 2.35 bits per heavy atom. The third-order valence-electron chi connectivity index (χ3n) is 2.41. The van der Waals surface area contributed by atoms with Gasteiger partial charge in [-0.3, -0.25) is 0 Å². The van der Waals surface area contributed by atoms with Crippen molar-refractivity contribution in [3.63, 3.8) is 0 Å². The molecule has 0 aliphatic carbocycles. The number of hydrogen-bond donors (Lipinski definition) is 2. The van der Waals surface area contributed by atoms with Crippen LogP contribution in [0.1, 0.15) is 25.3 Å². The van der Waals surface area contributed by atoms with Gasteiger partial charge in [0.15, 0.2) is 0 Å². The first kappa shape index (κ1) is 13.9. The fourth-order valence-electron chi connectivity index (χ4n) is 1.42. The highest BCUT2D eigenvalue weighted by molar-refractivity contribution is 5.25. The summed E-state index contributed by atoms with van der Waals surface area (Å²) >= 11 is 0. The van der Waals surface area contributed by atoms with Gasteiger partial charge in [0.25, 0.3) is 0 Å². The SMILES string of the molecule is CC(C)c1cnc(NC[C@H](O)CN(C)C)nc1. The normalized spacial score (nSPS) is 13.1. The van der Waals surface area contributed by atoms with E-state index in [1.165, 1.54) is 0 Å². The lowest BCUT2D eigenvalue weighted by Crippen LogP contribution is -2.31. The zero-order valence-electron chi connectivity index (χ0n) is 11.0. The van der Waals surface area contributed by atoms with Crippen LogP contribution in [-0.4, -0.2) is 53.3 Å². The van der Waals surface area contributed by atoms with Gasteiger partial charge in [0, 0.05) is 25.5 Å². The van der Waals surface area contributed by atoms with Gasteiger partial charge in [-0.25, -0.2) is 9.97 Å². The van der Waals surface area contributed by atoms with Gasteiger partial charge in [0.2, 0.25) is 5.95 Å². The Balaban J connectivity index is 2.42. The Hall–Kier alpha value is -1.20. The number of aliphatic hydroxyl groups is 1. The summed E-state index contributed by atoms with van der Waals surface area (Å²) in [7, 11) is 3.86. The molecular weight excluding hydrogens is 216 g/mol. The molecule has 0 aromatic carbocycles. The van der Waals surface area contributed by atoms with Crippen molar-refractivity contribution < 1.29 is 5.11 Å². The minimum absolute atomic E-state index is 0.418. The lowest BCUT2D eigenvalue weighted by atomic mass is 10.1. The monoisotopic (exact) mass is 238 g/mol. The first-order chi connectivity index (χ1) is 7.99. The lowest BCUT2D eigenvalue weighted by Gasteiger charge is -2.16. The van der Waals surface area contributed by atoms with Crippen molar-refractivity contribution in [3.8, 4) is 0 Å². The molecule has 17 heavy (non-hydrogen) atoms. The van der Waals surface area contributed by atoms with E-state index < -0.39 is 6.10 Å². The fourth-order valence-corrected chi connectivity index (χ4v) is 1.42. The van der Waals surface area contributed by atoms with Crippen LogP contribution >= 0.6 is 0 Å². The molecule has 5 heteroatoms. The van der Waals surface area contributed by atoms with E-state index in [0.29, 0.717) is 25.0 Å². The molecule has 1 heterocycles. The lowest BCUT2D eigenvalue weighted by molar-refractivity contribution is 0.148. The molecule has 0 bridgehead atoms. The van der Waals surface area contributed by atoms with Gasteiger partial charge >= 0.3 is 0 Å². The molecule has 0 amide bonds. The van der Waals surface area contributed by atoms with Crippen molar-refractivity contribution in [3.05, 3.63) is 18.0 Å². The molecule has 1 rings (SSSR count). The van der Waals surface area contributed by atoms with Crippen LogP contribution in [0.25, 0.3) is 0 Å². The molecule has 1 atom stereocenters. The van der Waals surface area contributed by atoms with Crippen LogP contribution in [0.3, 0.4) is 0 Å². The Labute approximate surface area is 103 Å². The van der Waals surface area contributed by atoms with Crippen molar-refractivity contribution in [1.29, 1.82) is 0 Å². The summed E-state index contributed by atoms with van der Waals surface area (Å²) in [5.74, 6) is 0.996. The highest BCUT2D eigenvalue weighted by atomic mass is 16.3. The van der Waals surface area contributed by atoms with E-state index in [4.69, 9.17) is 0 Å². The Bertz CT molecular complexity index is 324. The highest BCUT2D eigenvalue weighted by Crippen LogP contribution is 2.11. The van der Waals surface area contributed by atoms with Crippen molar-refractivity contribution in [1.82, 2.24) is 14.9 Å². The quantitative estimate of drug-likeness (QED) is 0.772. The first-order valence-corrected chi connectivity index (χ1v) is 5.87. The summed E-state index contributed by atoms with van der Waals surface area (Å²) in [4.78, 5) is 10.3. The molecule has 0 saturated heterocycles. The zero-order chi connectivity index (χ0) is 12.8. The van der Waals surface area contributed by atoms with Gasteiger partial charge < -0.3 is 15.3 Å². The third-order valence-corrected chi connectivity index (χ3v) is 2.41. The smallest absolute Gasteiger partial charge is 0.222 e. The van der Waals surface area contributed by atoms with E-state index in [1.54, 1.807) is 0 Å². The number of hydrogen-bond acceptors (Lipinski definition) is 5. The molecule has 96 valence electrons. The van der Waals surface area contributed by atoms with E-state index in [2.05, 4.69) is 29.1 Å². The largest absolute Gasteiger partial charge is 0.390 e. The van der Waals surface area contributed by atoms with Crippen LogP contribution in [0.15, 0.2) is 12.4 Å². The van der Waals surface area contributed by atoms with Gasteiger partial charge in [0.05, 0.1) is 6.10 Å². The minimum Gasteiger partial charge on any atom is -0.390 e. The van der Waals surface area contributed by atoms with Gasteiger partial charge in [-0.1, -0.05) is 13.8 Å². The van der Waals surface area contributed by atoms with E-state index in [9.17, 15) is 5.11 Å². The molecule has 0 spiro atoms. The molecule has 1 aromatic heterocycles. The second kappa shape index (κ2) is 6.51. The van der Waals surface area contributed by atoms with Crippen LogP contribution < -0.4 is 5.32 Å². The molecule has 2 N–H and O–H groups in total. The van der Waals surface area contributed by atoms with E-state index in [0.717, 1.165) is 5.56 Å². The summed E-state index contributed by atoms with van der Waals surface area (Å²) in [6, 6.07) is 0. The summed E-state index contributed by atoms with van der Waals surface area (Å²) in [6.07, 6.45) is 3.22. The Morgan fingerprint density at radius 1 is 1.29 bits per heavy atom. The molecule has 0 fully saturated rings.